The number of ether oxygens (including phenoxy) is 1. The smallest absolute Gasteiger partial charge is 0.319 e. The number of benzene rings is 1. The number of urea groups is 1. The van der Waals surface area contributed by atoms with Gasteiger partial charge in [0.1, 0.15) is 0 Å². The van der Waals surface area contributed by atoms with Gasteiger partial charge >= 0.3 is 6.03 Å². The molecular weight excluding hydrogens is 246 g/mol. The van der Waals surface area contributed by atoms with E-state index in [1.807, 2.05) is 0 Å². The van der Waals surface area contributed by atoms with Gasteiger partial charge in [0.05, 0.1) is 6.61 Å². The summed E-state index contributed by atoms with van der Waals surface area (Å²) < 4.78 is 4.84. The van der Waals surface area contributed by atoms with Crippen molar-refractivity contribution < 1.29 is 14.3 Å². The van der Waals surface area contributed by atoms with Gasteiger partial charge in [-0.2, -0.15) is 0 Å². The van der Waals surface area contributed by atoms with Crippen molar-refractivity contribution in [2.24, 2.45) is 0 Å². The zero-order chi connectivity index (χ0) is 14.3. The molecule has 1 aromatic rings. The summed E-state index contributed by atoms with van der Waals surface area (Å²) in [5.74, 6) is -0.180. The molecule has 6 nitrogen and oxygen atoms in total. The van der Waals surface area contributed by atoms with Gasteiger partial charge in [-0.25, -0.2) is 4.79 Å². The quantitative estimate of drug-likeness (QED) is 0.698. The molecule has 3 amide bonds. The van der Waals surface area contributed by atoms with Crippen LogP contribution in [-0.2, 0) is 4.74 Å². The van der Waals surface area contributed by atoms with Crippen LogP contribution in [0.5, 0.6) is 0 Å². The highest BCUT2D eigenvalue weighted by Gasteiger charge is 2.11. The van der Waals surface area contributed by atoms with Crippen LogP contribution in [-0.4, -0.2) is 39.2 Å². The molecule has 3 N–H and O–H groups in total. The molecule has 104 valence electrons. The van der Waals surface area contributed by atoms with E-state index in [9.17, 15) is 9.59 Å². The van der Waals surface area contributed by atoms with E-state index in [1.165, 1.54) is 0 Å². The summed E-state index contributed by atoms with van der Waals surface area (Å²) in [4.78, 5) is 23.2. The van der Waals surface area contributed by atoms with Gasteiger partial charge in [0, 0.05) is 32.0 Å². The predicted octanol–water partition coefficient (Wildman–Crippen LogP) is 1.12. The van der Waals surface area contributed by atoms with E-state index in [4.69, 9.17) is 4.74 Å². The molecule has 0 atom stereocenters. The van der Waals surface area contributed by atoms with Crippen LogP contribution >= 0.6 is 0 Å². The second-order valence-corrected chi connectivity index (χ2v) is 3.93. The Balaban J connectivity index is 2.73. The van der Waals surface area contributed by atoms with Crippen molar-refractivity contribution in [3.05, 3.63) is 29.3 Å². The van der Waals surface area contributed by atoms with Crippen molar-refractivity contribution in [2.45, 2.75) is 6.92 Å². The Morgan fingerprint density at radius 2 is 2.05 bits per heavy atom. The highest BCUT2D eigenvalue weighted by atomic mass is 16.5. The SMILES string of the molecule is CNC(=O)c1cccc(NC(=O)NCCOC)c1C. The number of carbonyl (C=O) groups excluding carboxylic acids is 2. The topological polar surface area (TPSA) is 79.5 Å². The molecule has 0 aliphatic carbocycles. The standard InChI is InChI=1S/C13H19N3O3/c1-9-10(12(17)14-2)5-4-6-11(9)16-13(18)15-7-8-19-3/h4-6H,7-8H2,1-3H3,(H,14,17)(H2,15,16,18). The van der Waals surface area contributed by atoms with Gasteiger partial charge in [-0.1, -0.05) is 6.07 Å². The van der Waals surface area contributed by atoms with Crippen LogP contribution in [0.15, 0.2) is 18.2 Å². The molecule has 1 rings (SSSR count). The van der Waals surface area contributed by atoms with Crippen LogP contribution in [0.25, 0.3) is 0 Å². The van der Waals surface area contributed by atoms with Gasteiger partial charge in [-0.05, 0) is 24.6 Å². The fourth-order valence-electron chi connectivity index (χ4n) is 1.58. The van der Waals surface area contributed by atoms with Gasteiger partial charge in [-0.3, -0.25) is 4.79 Å². The molecular formula is C13H19N3O3. The largest absolute Gasteiger partial charge is 0.383 e. The van der Waals surface area contributed by atoms with Crippen LogP contribution in [0.2, 0.25) is 0 Å². The van der Waals surface area contributed by atoms with Gasteiger partial charge in [0.2, 0.25) is 0 Å². The van der Waals surface area contributed by atoms with Gasteiger partial charge < -0.3 is 20.7 Å². The molecule has 0 fully saturated rings. The minimum Gasteiger partial charge on any atom is -0.383 e. The fraction of sp³-hybridized carbons (Fsp3) is 0.385. The first-order chi connectivity index (χ1) is 9.10. The maximum atomic E-state index is 11.6. The van der Waals surface area contributed by atoms with Crippen molar-refractivity contribution >= 4 is 17.6 Å². The first-order valence-electron chi connectivity index (χ1n) is 5.95. The van der Waals surface area contributed by atoms with Crippen LogP contribution in [0, 0.1) is 6.92 Å². The monoisotopic (exact) mass is 265 g/mol. The minimum absolute atomic E-state index is 0.180. The Labute approximate surface area is 112 Å². The van der Waals surface area contributed by atoms with Gasteiger partial charge in [-0.15, -0.1) is 0 Å². The summed E-state index contributed by atoms with van der Waals surface area (Å²) >= 11 is 0. The lowest BCUT2D eigenvalue weighted by Crippen LogP contribution is -2.31. The zero-order valence-electron chi connectivity index (χ0n) is 11.4. The van der Waals surface area contributed by atoms with Crippen LogP contribution < -0.4 is 16.0 Å². The zero-order valence-corrected chi connectivity index (χ0v) is 11.4. The van der Waals surface area contributed by atoms with E-state index >= 15 is 0 Å². The van der Waals surface area contributed by atoms with E-state index in [-0.39, 0.29) is 11.9 Å². The van der Waals surface area contributed by atoms with E-state index in [0.29, 0.717) is 24.4 Å². The summed E-state index contributed by atoms with van der Waals surface area (Å²) in [5.41, 5.74) is 1.87. The number of nitrogens with one attached hydrogen (secondary N) is 3. The van der Waals surface area contributed by atoms with E-state index in [2.05, 4.69) is 16.0 Å². The van der Waals surface area contributed by atoms with Crippen molar-refractivity contribution in [3.63, 3.8) is 0 Å². The maximum Gasteiger partial charge on any atom is 0.319 e. The van der Waals surface area contributed by atoms with Crippen LogP contribution in [0.3, 0.4) is 0 Å². The van der Waals surface area contributed by atoms with Crippen LogP contribution in [0.1, 0.15) is 15.9 Å². The average molecular weight is 265 g/mol. The molecule has 0 radical (unpaired) electrons. The molecule has 0 aliphatic rings. The number of carbonyl (C=O) groups is 2. The third-order valence-corrected chi connectivity index (χ3v) is 2.65. The third-order valence-electron chi connectivity index (χ3n) is 2.65. The molecule has 0 saturated heterocycles. The Morgan fingerprint density at radius 3 is 2.68 bits per heavy atom. The number of hydrogen-bond donors (Lipinski definition) is 3. The number of methoxy groups -OCH3 is 1. The first-order valence-corrected chi connectivity index (χ1v) is 5.95. The number of anilines is 1. The van der Waals surface area contributed by atoms with Gasteiger partial charge in [0.25, 0.3) is 5.91 Å². The number of hydrogen-bond acceptors (Lipinski definition) is 3. The summed E-state index contributed by atoms with van der Waals surface area (Å²) in [6.45, 7) is 2.66. The summed E-state index contributed by atoms with van der Waals surface area (Å²) in [7, 11) is 3.13. The molecule has 0 unspecified atom stereocenters. The normalized spacial score (nSPS) is 9.84. The molecule has 1 aromatic carbocycles. The Hall–Kier alpha value is -2.08. The molecule has 0 bridgehead atoms. The lowest BCUT2D eigenvalue weighted by atomic mass is 10.1. The van der Waals surface area contributed by atoms with E-state index < -0.39 is 0 Å². The van der Waals surface area contributed by atoms with Crippen molar-refractivity contribution in [1.82, 2.24) is 10.6 Å². The van der Waals surface area contributed by atoms with Crippen molar-refractivity contribution in [3.8, 4) is 0 Å². The molecule has 0 aromatic heterocycles. The lowest BCUT2D eigenvalue weighted by molar-refractivity contribution is 0.0962. The summed E-state index contributed by atoms with van der Waals surface area (Å²) in [6.07, 6.45) is 0. The minimum atomic E-state index is -0.325. The number of rotatable bonds is 5. The fourth-order valence-corrected chi connectivity index (χ4v) is 1.58. The molecule has 0 saturated carbocycles. The second-order valence-electron chi connectivity index (χ2n) is 3.93. The van der Waals surface area contributed by atoms with E-state index in [1.54, 1.807) is 39.3 Å². The highest BCUT2D eigenvalue weighted by molar-refractivity contribution is 5.98. The maximum absolute atomic E-state index is 11.6. The molecule has 6 heteroatoms. The Kier molecular flexibility index (Phi) is 5.81. The molecule has 0 aliphatic heterocycles. The predicted molar refractivity (Wildman–Crippen MR) is 73.5 cm³/mol. The van der Waals surface area contributed by atoms with Crippen molar-refractivity contribution in [2.75, 3.05) is 32.6 Å². The summed E-state index contributed by atoms with van der Waals surface area (Å²) in [5, 5.41) is 7.91. The Morgan fingerprint density at radius 1 is 1.32 bits per heavy atom. The lowest BCUT2D eigenvalue weighted by Gasteiger charge is -2.12. The average Bonchev–Trinajstić information content (AvgIpc) is 2.40. The van der Waals surface area contributed by atoms with Crippen molar-refractivity contribution in [1.29, 1.82) is 0 Å². The van der Waals surface area contributed by atoms with Crippen LogP contribution in [0.4, 0.5) is 10.5 Å². The van der Waals surface area contributed by atoms with E-state index in [0.717, 1.165) is 5.56 Å². The first kappa shape index (κ1) is 15.0. The molecule has 0 heterocycles. The number of amides is 3. The van der Waals surface area contributed by atoms with Gasteiger partial charge in [0.15, 0.2) is 0 Å². The summed E-state index contributed by atoms with van der Waals surface area (Å²) in [6, 6.07) is 4.86. The second kappa shape index (κ2) is 7.38. The third kappa shape index (κ3) is 4.26. The Bertz CT molecular complexity index is 460. The highest BCUT2D eigenvalue weighted by Crippen LogP contribution is 2.18. The molecule has 0 spiro atoms. The molecule has 19 heavy (non-hydrogen) atoms.